The Bertz CT molecular complexity index is 216. The quantitative estimate of drug-likeness (QED) is 0.771. The molecule has 0 aliphatic carbocycles. The lowest BCUT2D eigenvalue weighted by atomic mass is 9.92. The highest BCUT2D eigenvalue weighted by molar-refractivity contribution is 4.79. The third-order valence-corrected chi connectivity index (χ3v) is 3.13. The molecule has 1 saturated heterocycles. The Morgan fingerprint density at radius 3 is 2.71 bits per heavy atom. The number of hydrogen-bond acceptors (Lipinski definition) is 3. The standard InChI is InChI=1S/C14H30N2O/c1-12(2)8-15-10-14(4,5)11-16-6-7-17-13(3)9-16/h12-13,15H,6-11H2,1-5H3. The minimum Gasteiger partial charge on any atom is -0.376 e. The fourth-order valence-corrected chi connectivity index (χ4v) is 2.39. The van der Waals surface area contributed by atoms with E-state index in [9.17, 15) is 0 Å². The lowest BCUT2D eigenvalue weighted by Gasteiger charge is -2.37. The van der Waals surface area contributed by atoms with Gasteiger partial charge in [-0.2, -0.15) is 0 Å². The highest BCUT2D eigenvalue weighted by atomic mass is 16.5. The monoisotopic (exact) mass is 242 g/mol. The molecule has 0 saturated carbocycles. The molecule has 0 spiro atoms. The van der Waals surface area contributed by atoms with Crippen molar-refractivity contribution in [1.29, 1.82) is 0 Å². The van der Waals surface area contributed by atoms with Gasteiger partial charge < -0.3 is 10.1 Å². The summed E-state index contributed by atoms with van der Waals surface area (Å²) in [6, 6.07) is 0. The van der Waals surface area contributed by atoms with Gasteiger partial charge in [0.15, 0.2) is 0 Å². The van der Waals surface area contributed by atoms with E-state index in [4.69, 9.17) is 4.74 Å². The number of nitrogens with one attached hydrogen (secondary N) is 1. The normalized spacial score (nSPS) is 23.3. The second-order valence-electron chi connectivity index (χ2n) is 6.61. The Labute approximate surface area is 107 Å². The Balaban J connectivity index is 2.27. The van der Waals surface area contributed by atoms with Crippen LogP contribution in [0, 0.1) is 11.3 Å². The average molecular weight is 242 g/mol. The molecule has 0 aromatic rings. The molecular weight excluding hydrogens is 212 g/mol. The van der Waals surface area contributed by atoms with Gasteiger partial charge in [-0.15, -0.1) is 0 Å². The summed E-state index contributed by atoms with van der Waals surface area (Å²) in [5, 5.41) is 3.57. The first-order valence-electron chi connectivity index (χ1n) is 6.94. The smallest absolute Gasteiger partial charge is 0.0674 e. The first kappa shape index (κ1) is 14.9. The van der Waals surface area contributed by atoms with Crippen molar-refractivity contribution in [3.8, 4) is 0 Å². The summed E-state index contributed by atoms with van der Waals surface area (Å²) in [5.74, 6) is 0.731. The van der Waals surface area contributed by atoms with Gasteiger partial charge in [-0.3, -0.25) is 4.90 Å². The van der Waals surface area contributed by atoms with Crippen molar-refractivity contribution >= 4 is 0 Å². The summed E-state index contributed by atoms with van der Waals surface area (Å²) in [4.78, 5) is 2.53. The van der Waals surface area contributed by atoms with Crippen molar-refractivity contribution in [3.05, 3.63) is 0 Å². The van der Waals surface area contributed by atoms with E-state index in [-0.39, 0.29) is 0 Å². The fourth-order valence-electron chi connectivity index (χ4n) is 2.39. The number of hydrogen-bond donors (Lipinski definition) is 1. The first-order chi connectivity index (χ1) is 7.89. The number of ether oxygens (including phenoxy) is 1. The van der Waals surface area contributed by atoms with Crippen LogP contribution in [-0.4, -0.2) is 50.3 Å². The highest BCUT2D eigenvalue weighted by Gasteiger charge is 2.24. The summed E-state index contributed by atoms with van der Waals surface area (Å²) in [6.45, 7) is 17.8. The molecule has 1 atom stereocenters. The van der Waals surface area contributed by atoms with Gasteiger partial charge in [0.1, 0.15) is 0 Å². The molecule has 102 valence electrons. The zero-order valence-electron chi connectivity index (χ0n) is 12.3. The van der Waals surface area contributed by atoms with Crippen molar-refractivity contribution in [3.63, 3.8) is 0 Å². The van der Waals surface area contributed by atoms with Crippen molar-refractivity contribution in [2.45, 2.75) is 40.7 Å². The zero-order chi connectivity index (χ0) is 12.9. The van der Waals surface area contributed by atoms with Crippen LogP contribution in [0.15, 0.2) is 0 Å². The van der Waals surface area contributed by atoms with Crippen LogP contribution in [0.1, 0.15) is 34.6 Å². The third-order valence-electron chi connectivity index (χ3n) is 3.13. The molecule has 1 aliphatic heterocycles. The van der Waals surface area contributed by atoms with Gasteiger partial charge in [-0.05, 0) is 24.8 Å². The van der Waals surface area contributed by atoms with E-state index in [1.807, 2.05) is 0 Å². The average Bonchev–Trinajstić information content (AvgIpc) is 2.15. The Morgan fingerprint density at radius 1 is 1.41 bits per heavy atom. The lowest BCUT2D eigenvalue weighted by molar-refractivity contribution is -0.0290. The Hall–Kier alpha value is -0.120. The van der Waals surface area contributed by atoms with Crippen molar-refractivity contribution in [2.75, 3.05) is 39.3 Å². The van der Waals surface area contributed by atoms with E-state index < -0.39 is 0 Å². The van der Waals surface area contributed by atoms with E-state index in [2.05, 4.69) is 44.8 Å². The van der Waals surface area contributed by atoms with Crippen LogP contribution in [-0.2, 0) is 4.74 Å². The Morgan fingerprint density at radius 2 is 2.12 bits per heavy atom. The summed E-state index contributed by atoms with van der Waals surface area (Å²) in [7, 11) is 0. The second-order valence-corrected chi connectivity index (χ2v) is 6.61. The van der Waals surface area contributed by atoms with E-state index in [0.717, 1.165) is 45.2 Å². The number of nitrogens with zero attached hydrogens (tertiary/aromatic N) is 1. The largest absolute Gasteiger partial charge is 0.376 e. The number of rotatable bonds is 6. The van der Waals surface area contributed by atoms with Crippen LogP contribution in [0.2, 0.25) is 0 Å². The molecule has 1 fully saturated rings. The molecule has 1 heterocycles. The topological polar surface area (TPSA) is 24.5 Å². The molecule has 1 aliphatic rings. The van der Waals surface area contributed by atoms with Gasteiger partial charge in [0.2, 0.25) is 0 Å². The molecule has 0 amide bonds. The van der Waals surface area contributed by atoms with E-state index in [1.165, 1.54) is 0 Å². The Kier molecular flexibility index (Phi) is 5.90. The van der Waals surface area contributed by atoms with Gasteiger partial charge in [-0.1, -0.05) is 27.7 Å². The predicted molar refractivity (Wildman–Crippen MR) is 73.3 cm³/mol. The van der Waals surface area contributed by atoms with Crippen molar-refractivity contribution in [2.24, 2.45) is 11.3 Å². The molecule has 1 rings (SSSR count). The molecule has 17 heavy (non-hydrogen) atoms. The van der Waals surface area contributed by atoms with Crippen LogP contribution in [0.4, 0.5) is 0 Å². The van der Waals surface area contributed by atoms with Crippen molar-refractivity contribution in [1.82, 2.24) is 10.2 Å². The highest BCUT2D eigenvalue weighted by Crippen LogP contribution is 2.18. The molecule has 0 bridgehead atoms. The fraction of sp³-hybridized carbons (Fsp3) is 1.00. The molecule has 1 unspecified atom stereocenters. The molecule has 0 aromatic carbocycles. The summed E-state index contributed by atoms with van der Waals surface area (Å²) >= 11 is 0. The minimum atomic E-state index is 0.339. The van der Waals surface area contributed by atoms with Crippen LogP contribution in [0.25, 0.3) is 0 Å². The lowest BCUT2D eigenvalue weighted by Crippen LogP contribution is -2.47. The van der Waals surface area contributed by atoms with Crippen LogP contribution >= 0.6 is 0 Å². The van der Waals surface area contributed by atoms with Crippen molar-refractivity contribution < 1.29 is 4.74 Å². The van der Waals surface area contributed by atoms with Gasteiger partial charge in [-0.25, -0.2) is 0 Å². The van der Waals surface area contributed by atoms with E-state index in [1.54, 1.807) is 0 Å². The molecule has 0 aromatic heterocycles. The first-order valence-corrected chi connectivity index (χ1v) is 6.94. The van der Waals surface area contributed by atoms with Gasteiger partial charge >= 0.3 is 0 Å². The molecule has 1 N–H and O–H groups in total. The summed E-state index contributed by atoms with van der Waals surface area (Å²) in [5.41, 5.74) is 0.339. The SMILES string of the molecule is CC(C)CNCC(C)(C)CN1CCOC(C)C1. The second kappa shape index (κ2) is 6.72. The van der Waals surface area contributed by atoms with Gasteiger partial charge in [0.25, 0.3) is 0 Å². The minimum absolute atomic E-state index is 0.339. The van der Waals surface area contributed by atoms with Crippen LogP contribution < -0.4 is 5.32 Å². The summed E-state index contributed by atoms with van der Waals surface area (Å²) < 4.78 is 5.58. The molecule has 3 nitrogen and oxygen atoms in total. The number of morpholine rings is 1. The molecule has 3 heteroatoms. The zero-order valence-corrected chi connectivity index (χ0v) is 12.3. The van der Waals surface area contributed by atoms with Crippen LogP contribution in [0.3, 0.4) is 0 Å². The maximum atomic E-state index is 5.58. The molecule has 0 radical (unpaired) electrons. The van der Waals surface area contributed by atoms with E-state index >= 15 is 0 Å². The predicted octanol–water partition coefficient (Wildman–Crippen LogP) is 1.98. The van der Waals surface area contributed by atoms with Crippen LogP contribution in [0.5, 0.6) is 0 Å². The maximum Gasteiger partial charge on any atom is 0.0674 e. The van der Waals surface area contributed by atoms with E-state index in [0.29, 0.717) is 11.5 Å². The van der Waals surface area contributed by atoms with Gasteiger partial charge in [0, 0.05) is 26.2 Å². The maximum absolute atomic E-state index is 5.58. The summed E-state index contributed by atoms with van der Waals surface area (Å²) in [6.07, 6.45) is 0.392. The third kappa shape index (κ3) is 6.39. The van der Waals surface area contributed by atoms with Gasteiger partial charge in [0.05, 0.1) is 12.7 Å². The molecular formula is C14H30N2O.